The Morgan fingerprint density at radius 2 is 2.19 bits per heavy atom. The fourth-order valence-corrected chi connectivity index (χ4v) is 1.86. The lowest BCUT2D eigenvalue weighted by Crippen LogP contribution is -2.16. The van der Waals surface area contributed by atoms with Crippen LogP contribution in [0.5, 0.6) is 11.5 Å². The molecule has 0 unspecified atom stereocenters. The molecular weight excluding hydrogens is 222 g/mol. The van der Waals surface area contributed by atoms with Gasteiger partial charge in [0.15, 0.2) is 0 Å². The number of phenols is 2. The molecule has 0 atom stereocenters. The van der Waals surface area contributed by atoms with Crippen molar-refractivity contribution >= 4 is 11.8 Å². The summed E-state index contributed by atoms with van der Waals surface area (Å²) in [7, 11) is 0. The van der Waals surface area contributed by atoms with Crippen LogP contribution in [-0.4, -0.2) is 28.3 Å². The van der Waals surface area contributed by atoms with Gasteiger partial charge in [0.05, 0.1) is 0 Å². The summed E-state index contributed by atoms with van der Waals surface area (Å²) in [5.41, 5.74) is 0.798. The average molecular weight is 239 g/mol. The summed E-state index contributed by atoms with van der Waals surface area (Å²) in [6.07, 6.45) is 1.89. The third-order valence-electron chi connectivity index (χ3n) is 2.04. The molecule has 4 heteroatoms. The van der Waals surface area contributed by atoms with E-state index in [9.17, 15) is 5.11 Å². The van der Waals surface area contributed by atoms with E-state index >= 15 is 0 Å². The molecule has 1 aromatic rings. The molecule has 0 spiro atoms. The van der Waals surface area contributed by atoms with Crippen LogP contribution in [0.2, 0.25) is 0 Å². The number of benzene rings is 1. The number of aromatic hydroxyl groups is 2. The van der Waals surface area contributed by atoms with Gasteiger partial charge in [-0.05, 0) is 6.07 Å². The molecule has 0 amide bonds. The number of phenolic OH excluding ortho intramolecular Hbond substituents is 2. The first-order chi connectivity index (χ1) is 7.74. The van der Waals surface area contributed by atoms with E-state index in [0.717, 1.165) is 23.6 Å². The van der Waals surface area contributed by atoms with Crippen LogP contribution in [0.15, 0.2) is 30.9 Å². The minimum absolute atomic E-state index is 0.0859. The third-order valence-corrected chi connectivity index (χ3v) is 3.01. The van der Waals surface area contributed by atoms with E-state index in [2.05, 4.69) is 11.9 Å². The maximum Gasteiger partial charge on any atom is 0.123 e. The van der Waals surface area contributed by atoms with Gasteiger partial charge in [-0.25, -0.2) is 0 Å². The topological polar surface area (TPSA) is 52.5 Å². The fourth-order valence-electron chi connectivity index (χ4n) is 1.24. The van der Waals surface area contributed by atoms with Gasteiger partial charge in [0.1, 0.15) is 11.5 Å². The minimum atomic E-state index is 0.0859. The standard InChI is InChI=1S/C12H17NO2S/c1-2-6-16-7-5-13-9-10-3-4-11(14)8-12(10)15/h2-4,8,13-15H,1,5-7,9H2. The lowest BCUT2D eigenvalue weighted by atomic mass is 10.2. The van der Waals surface area contributed by atoms with E-state index in [1.165, 1.54) is 6.07 Å². The van der Waals surface area contributed by atoms with Crippen molar-refractivity contribution in [2.45, 2.75) is 6.54 Å². The Morgan fingerprint density at radius 3 is 2.88 bits per heavy atom. The highest BCUT2D eigenvalue weighted by Gasteiger charge is 2.01. The first-order valence-electron chi connectivity index (χ1n) is 5.14. The first-order valence-corrected chi connectivity index (χ1v) is 6.29. The Balaban J connectivity index is 2.24. The van der Waals surface area contributed by atoms with Crippen molar-refractivity contribution in [3.8, 4) is 11.5 Å². The average Bonchev–Trinajstić information content (AvgIpc) is 2.26. The van der Waals surface area contributed by atoms with Crippen LogP contribution in [0, 0.1) is 0 Å². The van der Waals surface area contributed by atoms with Crippen molar-refractivity contribution in [3.63, 3.8) is 0 Å². The molecule has 0 saturated carbocycles. The van der Waals surface area contributed by atoms with Gasteiger partial charge in [-0.3, -0.25) is 0 Å². The monoisotopic (exact) mass is 239 g/mol. The summed E-state index contributed by atoms with van der Waals surface area (Å²) >= 11 is 1.81. The van der Waals surface area contributed by atoms with Crippen LogP contribution in [0.4, 0.5) is 0 Å². The number of rotatable bonds is 7. The second kappa shape index (κ2) is 7.19. The van der Waals surface area contributed by atoms with E-state index in [1.54, 1.807) is 12.1 Å². The number of thioether (sulfide) groups is 1. The number of hydrogen-bond donors (Lipinski definition) is 3. The molecule has 0 aromatic heterocycles. The molecule has 3 nitrogen and oxygen atoms in total. The van der Waals surface area contributed by atoms with Crippen LogP contribution in [0.1, 0.15) is 5.56 Å². The zero-order chi connectivity index (χ0) is 11.8. The van der Waals surface area contributed by atoms with Crippen molar-refractivity contribution in [1.82, 2.24) is 5.32 Å². The fraction of sp³-hybridized carbons (Fsp3) is 0.333. The lowest BCUT2D eigenvalue weighted by molar-refractivity contribution is 0.444. The lowest BCUT2D eigenvalue weighted by Gasteiger charge is -2.06. The van der Waals surface area contributed by atoms with Crippen LogP contribution in [0.25, 0.3) is 0 Å². The molecule has 0 saturated heterocycles. The highest BCUT2D eigenvalue weighted by Crippen LogP contribution is 2.22. The largest absolute Gasteiger partial charge is 0.508 e. The molecule has 16 heavy (non-hydrogen) atoms. The van der Waals surface area contributed by atoms with E-state index in [4.69, 9.17) is 5.11 Å². The summed E-state index contributed by atoms with van der Waals surface area (Å²) in [6, 6.07) is 4.64. The minimum Gasteiger partial charge on any atom is -0.508 e. The normalized spacial score (nSPS) is 10.2. The molecule has 3 N–H and O–H groups in total. The number of hydrogen-bond acceptors (Lipinski definition) is 4. The molecule has 0 bridgehead atoms. The van der Waals surface area contributed by atoms with E-state index in [-0.39, 0.29) is 11.5 Å². The molecule has 0 aliphatic rings. The molecule has 0 fully saturated rings. The molecule has 1 rings (SSSR count). The summed E-state index contributed by atoms with van der Waals surface area (Å²) < 4.78 is 0. The van der Waals surface area contributed by atoms with E-state index in [0.29, 0.717) is 6.54 Å². The van der Waals surface area contributed by atoms with Gasteiger partial charge in [0.2, 0.25) is 0 Å². The van der Waals surface area contributed by atoms with Gasteiger partial charge in [-0.15, -0.1) is 6.58 Å². The second-order valence-corrected chi connectivity index (χ2v) is 4.50. The van der Waals surface area contributed by atoms with Crippen LogP contribution in [-0.2, 0) is 6.54 Å². The summed E-state index contributed by atoms with van der Waals surface area (Å²) in [5.74, 6) is 2.20. The van der Waals surface area contributed by atoms with Crippen LogP contribution >= 0.6 is 11.8 Å². The quantitative estimate of drug-likeness (QED) is 0.504. The maximum absolute atomic E-state index is 9.51. The summed E-state index contributed by atoms with van der Waals surface area (Å²) in [4.78, 5) is 0. The highest BCUT2D eigenvalue weighted by molar-refractivity contribution is 7.99. The Bertz CT molecular complexity index is 342. The zero-order valence-corrected chi connectivity index (χ0v) is 9.96. The van der Waals surface area contributed by atoms with Gasteiger partial charge in [-0.1, -0.05) is 12.1 Å². The molecule has 0 aliphatic carbocycles. The number of nitrogens with one attached hydrogen (secondary N) is 1. The van der Waals surface area contributed by atoms with Gasteiger partial charge >= 0.3 is 0 Å². The summed E-state index contributed by atoms with van der Waals surface area (Å²) in [5, 5.41) is 21.9. The van der Waals surface area contributed by atoms with E-state index < -0.39 is 0 Å². The smallest absolute Gasteiger partial charge is 0.123 e. The van der Waals surface area contributed by atoms with Crippen molar-refractivity contribution in [2.24, 2.45) is 0 Å². The highest BCUT2D eigenvalue weighted by atomic mass is 32.2. The van der Waals surface area contributed by atoms with Gasteiger partial charge < -0.3 is 15.5 Å². The first kappa shape index (κ1) is 12.9. The molecule has 0 aliphatic heterocycles. The Labute approximate surface area is 100 Å². The Hall–Kier alpha value is -1.13. The van der Waals surface area contributed by atoms with Gasteiger partial charge in [-0.2, -0.15) is 11.8 Å². The predicted octanol–water partition coefficient (Wildman–Crippen LogP) is 2.11. The predicted molar refractivity (Wildman–Crippen MR) is 69.0 cm³/mol. The van der Waals surface area contributed by atoms with Crippen molar-refractivity contribution < 1.29 is 10.2 Å². The van der Waals surface area contributed by atoms with E-state index in [1.807, 2.05) is 17.8 Å². The van der Waals surface area contributed by atoms with Gasteiger partial charge in [0, 0.05) is 36.2 Å². The summed E-state index contributed by atoms with van der Waals surface area (Å²) in [6.45, 7) is 5.15. The van der Waals surface area contributed by atoms with Crippen LogP contribution < -0.4 is 5.32 Å². The SMILES string of the molecule is C=CCSCCNCc1ccc(O)cc1O. The maximum atomic E-state index is 9.51. The Kier molecular flexibility index (Phi) is 5.82. The molecule has 0 radical (unpaired) electrons. The zero-order valence-electron chi connectivity index (χ0n) is 9.15. The molecule has 88 valence electrons. The third kappa shape index (κ3) is 4.59. The second-order valence-electron chi connectivity index (χ2n) is 3.35. The van der Waals surface area contributed by atoms with Gasteiger partial charge in [0.25, 0.3) is 0 Å². The molecular formula is C12H17NO2S. The Morgan fingerprint density at radius 1 is 1.38 bits per heavy atom. The van der Waals surface area contributed by atoms with Crippen molar-refractivity contribution in [3.05, 3.63) is 36.4 Å². The molecule has 1 aromatic carbocycles. The van der Waals surface area contributed by atoms with Crippen molar-refractivity contribution in [1.29, 1.82) is 0 Å². The van der Waals surface area contributed by atoms with Crippen LogP contribution in [0.3, 0.4) is 0 Å². The van der Waals surface area contributed by atoms with Crippen molar-refractivity contribution in [2.75, 3.05) is 18.1 Å². The molecule has 0 heterocycles.